The Bertz CT molecular complexity index is 595. The minimum Gasteiger partial charge on any atom is -0.370 e. The van der Waals surface area contributed by atoms with E-state index in [1.165, 1.54) is 18.2 Å². The molecule has 1 heterocycles. The number of aromatic nitrogens is 2. The van der Waals surface area contributed by atoms with Crippen molar-refractivity contribution in [3.63, 3.8) is 0 Å². The number of aromatic amines is 1. The van der Waals surface area contributed by atoms with Crippen LogP contribution in [0, 0.1) is 12.7 Å². The van der Waals surface area contributed by atoms with Crippen LogP contribution in [0.5, 0.6) is 0 Å². The van der Waals surface area contributed by atoms with Crippen LogP contribution in [0.4, 0.5) is 10.2 Å². The first kappa shape index (κ1) is 12.3. The van der Waals surface area contributed by atoms with Gasteiger partial charge in [-0.25, -0.2) is 9.37 Å². The van der Waals surface area contributed by atoms with E-state index in [4.69, 9.17) is 0 Å². The van der Waals surface area contributed by atoms with Crippen molar-refractivity contribution in [2.24, 2.45) is 0 Å². The second-order valence-electron chi connectivity index (χ2n) is 4.02. The largest absolute Gasteiger partial charge is 0.370 e. The maximum absolute atomic E-state index is 12.9. The average molecular weight is 247 g/mol. The highest BCUT2D eigenvalue weighted by atomic mass is 19.1. The molecule has 0 aliphatic carbocycles. The Balaban J connectivity index is 1.94. The summed E-state index contributed by atoms with van der Waals surface area (Å²) in [4.78, 5) is 17.9. The van der Waals surface area contributed by atoms with Crippen LogP contribution in [0.2, 0.25) is 0 Å². The Morgan fingerprint density at radius 2 is 2.22 bits per heavy atom. The molecule has 18 heavy (non-hydrogen) atoms. The van der Waals surface area contributed by atoms with Gasteiger partial charge in [0.1, 0.15) is 17.5 Å². The molecule has 0 aliphatic rings. The van der Waals surface area contributed by atoms with Crippen molar-refractivity contribution < 1.29 is 4.39 Å². The Kier molecular flexibility index (Phi) is 3.72. The van der Waals surface area contributed by atoms with E-state index in [2.05, 4.69) is 15.3 Å². The number of hydrogen-bond donors (Lipinski definition) is 2. The number of hydrogen-bond acceptors (Lipinski definition) is 3. The second-order valence-corrected chi connectivity index (χ2v) is 4.02. The predicted molar refractivity (Wildman–Crippen MR) is 68.2 cm³/mol. The summed E-state index contributed by atoms with van der Waals surface area (Å²) in [5.74, 6) is 0.862. The molecule has 0 fully saturated rings. The first-order valence-electron chi connectivity index (χ1n) is 5.70. The summed E-state index contributed by atoms with van der Waals surface area (Å²) >= 11 is 0. The number of benzene rings is 1. The van der Waals surface area contributed by atoms with Crippen molar-refractivity contribution in [1.29, 1.82) is 0 Å². The van der Waals surface area contributed by atoms with E-state index in [0.717, 1.165) is 5.56 Å². The lowest BCUT2D eigenvalue weighted by atomic mass is 10.1. The van der Waals surface area contributed by atoms with Crippen molar-refractivity contribution in [2.75, 3.05) is 11.9 Å². The van der Waals surface area contributed by atoms with Crippen LogP contribution >= 0.6 is 0 Å². The van der Waals surface area contributed by atoms with Crippen LogP contribution in [0.15, 0.2) is 35.1 Å². The van der Waals surface area contributed by atoms with Gasteiger partial charge in [0.2, 0.25) is 0 Å². The van der Waals surface area contributed by atoms with Crippen molar-refractivity contribution in [3.8, 4) is 0 Å². The van der Waals surface area contributed by atoms with Crippen molar-refractivity contribution in [3.05, 3.63) is 57.9 Å². The summed E-state index contributed by atoms with van der Waals surface area (Å²) in [6.07, 6.45) is 0.672. The topological polar surface area (TPSA) is 57.8 Å². The van der Waals surface area contributed by atoms with Crippen molar-refractivity contribution in [2.45, 2.75) is 13.3 Å². The summed E-state index contributed by atoms with van der Waals surface area (Å²) in [5.41, 5.74) is 0.722. The molecule has 1 aromatic heterocycles. The molecular weight excluding hydrogens is 233 g/mol. The van der Waals surface area contributed by atoms with Crippen LogP contribution in [-0.2, 0) is 6.42 Å². The fourth-order valence-electron chi connectivity index (χ4n) is 1.70. The van der Waals surface area contributed by atoms with E-state index in [1.54, 1.807) is 13.0 Å². The molecule has 2 N–H and O–H groups in total. The van der Waals surface area contributed by atoms with Crippen LogP contribution in [-0.4, -0.2) is 16.5 Å². The summed E-state index contributed by atoms with van der Waals surface area (Å²) in [6.45, 7) is 2.32. The molecule has 0 aliphatic heterocycles. The van der Waals surface area contributed by atoms with E-state index in [1.807, 2.05) is 6.07 Å². The molecule has 1 aromatic carbocycles. The molecular formula is C13H14FN3O. The third kappa shape index (κ3) is 3.41. The first-order chi connectivity index (χ1) is 8.63. The van der Waals surface area contributed by atoms with Crippen LogP contribution in [0.25, 0.3) is 0 Å². The van der Waals surface area contributed by atoms with Gasteiger partial charge in [-0.1, -0.05) is 12.1 Å². The van der Waals surface area contributed by atoms with Gasteiger partial charge in [-0.05, 0) is 31.0 Å². The molecule has 0 atom stereocenters. The molecule has 0 saturated carbocycles. The number of H-pyrrole nitrogens is 1. The third-order valence-corrected chi connectivity index (χ3v) is 2.47. The SMILES string of the molecule is Cc1nc(NCCc2cccc(F)c2)cc(=O)[nH]1. The zero-order chi connectivity index (χ0) is 13.0. The standard InChI is InChI=1S/C13H14FN3O/c1-9-16-12(8-13(18)17-9)15-6-5-10-3-2-4-11(14)7-10/h2-4,7-8H,5-6H2,1H3,(H2,15,16,17,18). The van der Waals surface area contributed by atoms with Gasteiger partial charge in [0, 0.05) is 12.6 Å². The third-order valence-electron chi connectivity index (χ3n) is 2.47. The van der Waals surface area contributed by atoms with Gasteiger partial charge in [0.05, 0.1) is 0 Å². The predicted octanol–water partition coefficient (Wildman–Crippen LogP) is 1.87. The van der Waals surface area contributed by atoms with Gasteiger partial charge in [-0.15, -0.1) is 0 Å². The van der Waals surface area contributed by atoms with E-state index in [0.29, 0.717) is 24.6 Å². The molecule has 4 nitrogen and oxygen atoms in total. The smallest absolute Gasteiger partial charge is 0.252 e. The molecule has 0 saturated heterocycles. The molecule has 0 bridgehead atoms. The van der Waals surface area contributed by atoms with E-state index < -0.39 is 0 Å². The molecule has 0 amide bonds. The lowest BCUT2D eigenvalue weighted by Gasteiger charge is -2.06. The summed E-state index contributed by atoms with van der Waals surface area (Å²) in [5, 5.41) is 3.04. The first-order valence-corrected chi connectivity index (χ1v) is 5.70. The Hall–Kier alpha value is -2.17. The van der Waals surface area contributed by atoms with Gasteiger partial charge in [-0.2, -0.15) is 0 Å². The van der Waals surface area contributed by atoms with Gasteiger partial charge in [0.15, 0.2) is 0 Å². The maximum atomic E-state index is 12.9. The minimum absolute atomic E-state index is 0.184. The number of aryl methyl sites for hydroxylation is 1. The number of halogens is 1. The summed E-state index contributed by atoms with van der Waals surface area (Å²) < 4.78 is 12.9. The van der Waals surface area contributed by atoms with E-state index in [-0.39, 0.29) is 11.4 Å². The highest BCUT2D eigenvalue weighted by Crippen LogP contribution is 2.05. The summed E-state index contributed by atoms with van der Waals surface area (Å²) in [7, 11) is 0. The molecule has 0 radical (unpaired) electrons. The molecule has 0 spiro atoms. The molecule has 2 rings (SSSR count). The van der Waals surface area contributed by atoms with Crippen molar-refractivity contribution in [1.82, 2.24) is 9.97 Å². The lowest BCUT2D eigenvalue weighted by Crippen LogP contribution is -2.13. The fraction of sp³-hybridized carbons (Fsp3) is 0.231. The molecule has 0 unspecified atom stereocenters. The van der Waals surface area contributed by atoms with Crippen LogP contribution in [0.3, 0.4) is 0 Å². The Morgan fingerprint density at radius 1 is 1.39 bits per heavy atom. The minimum atomic E-state index is -0.238. The zero-order valence-corrected chi connectivity index (χ0v) is 10.0. The van der Waals surface area contributed by atoms with Gasteiger partial charge in [0.25, 0.3) is 5.56 Å². The maximum Gasteiger partial charge on any atom is 0.252 e. The van der Waals surface area contributed by atoms with Gasteiger partial charge < -0.3 is 10.3 Å². The molecule has 5 heteroatoms. The number of rotatable bonds is 4. The van der Waals surface area contributed by atoms with Crippen LogP contribution < -0.4 is 10.9 Å². The number of anilines is 1. The number of nitrogens with zero attached hydrogens (tertiary/aromatic N) is 1. The monoisotopic (exact) mass is 247 g/mol. The van der Waals surface area contributed by atoms with Gasteiger partial charge >= 0.3 is 0 Å². The Morgan fingerprint density at radius 3 is 2.94 bits per heavy atom. The Labute approximate surface area is 104 Å². The normalized spacial score (nSPS) is 10.3. The van der Waals surface area contributed by atoms with Gasteiger partial charge in [-0.3, -0.25) is 4.79 Å². The second kappa shape index (κ2) is 5.44. The van der Waals surface area contributed by atoms with Crippen molar-refractivity contribution >= 4 is 5.82 Å². The number of nitrogens with one attached hydrogen (secondary N) is 2. The molecule has 94 valence electrons. The quantitative estimate of drug-likeness (QED) is 0.867. The lowest BCUT2D eigenvalue weighted by molar-refractivity contribution is 0.625. The van der Waals surface area contributed by atoms with E-state index >= 15 is 0 Å². The zero-order valence-electron chi connectivity index (χ0n) is 10.0. The highest BCUT2D eigenvalue weighted by molar-refractivity contribution is 5.33. The molecule has 2 aromatic rings. The average Bonchev–Trinajstić information content (AvgIpc) is 2.27. The highest BCUT2D eigenvalue weighted by Gasteiger charge is 1.98. The van der Waals surface area contributed by atoms with E-state index in [9.17, 15) is 9.18 Å². The summed E-state index contributed by atoms with van der Waals surface area (Å²) in [6, 6.07) is 7.86. The fourth-order valence-corrected chi connectivity index (χ4v) is 1.70. The van der Waals surface area contributed by atoms with Crippen LogP contribution in [0.1, 0.15) is 11.4 Å².